The molecule has 1 aromatic heterocycles. The number of esters is 1. The number of methoxy groups -OCH3 is 1. The van der Waals surface area contributed by atoms with Crippen LogP contribution in [0.15, 0.2) is 16.5 Å². The van der Waals surface area contributed by atoms with E-state index >= 15 is 0 Å². The van der Waals surface area contributed by atoms with Crippen LogP contribution in [-0.2, 0) is 25.1 Å². The zero-order valence-electron chi connectivity index (χ0n) is 8.50. The number of sulfone groups is 1. The maximum absolute atomic E-state index is 11.4. The molecule has 0 aliphatic heterocycles. The molecule has 1 aromatic rings. The first-order valence-electron chi connectivity index (χ1n) is 4.28. The van der Waals surface area contributed by atoms with E-state index < -0.39 is 27.3 Å². The quantitative estimate of drug-likeness (QED) is 0.543. The SMILES string of the molecule is COC(=O)CS(=O)(=O)Cc1ccc(C=O)o1. The third-order valence-corrected chi connectivity index (χ3v) is 3.13. The summed E-state index contributed by atoms with van der Waals surface area (Å²) in [5.74, 6) is -1.81. The summed E-state index contributed by atoms with van der Waals surface area (Å²) < 4.78 is 32.0. The van der Waals surface area contributed by atoms with Crippen molar-refractivity contribution in [3.63, 3.8) is 0 Å². The van der Waals surface area contributed by atoms with Crippen molar-refractivity contribution in [2.45, 2.75) is 5.75 Å². The van der Waals surface area contributed by atoms with Crippen LogP contribution >= 0.6 is 0 Å². The highest BCUT2D eigenvalue weighted by atomic mass is 32.2. The first kappa shape index (κ1) is 12.4. The molecule has 0 amide bonds. The lowest BCUT2D eigenvalue weighted by Gasteiger charge is -2.00. The molecule has 16 heavy (non-hydrogen) atoms. The van der Waals surface area contributed by atoms with E-state index in [1.54, 1.807) is 0 Å². The maximum Gasteiger partial charge on any atom is 0.320 e. The molecule has 1 heterocycles. The summed E-state index contributed by atoms with van der Waals surface area (Å²) in [5.41, 5.74) is 0. The van der Waals surface area contributed by atoms with E-state index in [9.17, 15) is 18.0 Å². The minimum atomic E-state index is -3.63. The molecule has 0 N–H and O–H groups in total. The van der Waals surface area contributed by atoms with Gasteiger partial charge in [0.1, 0.15) is 17.3 Å². The molecule has 0 fully saturated rings. The number of ether oxygens (including phenoxy) is 1. The van der Waals surface area contributed by atoms with Crippen LogP contribution in [0.2, 0.25) is 0 Å². The predicted octanol–water partition coefficient (Wildman–Crippen LogP) is 0.180. The molecule has 1 rings (SSSR count). The van der Waals surface area contributed by atoms with Gasteiger partial charge in [-0.25, -0.2) is 8.42 Å². The van der Waals surface area contributed by atoms with Crippen molar-refractivity contribution in [2.75, 3.05) is 12.9 Å². The largest absolute Gasteiger partial charge is 0.468 e. The van der Waals surface area contributed by atoms with E-state index in [0.717, 1.165) is 7.11 Å². The molecule has 0 aliphatic rings. The Balaban J connectivity index is 2.72. The summed E-state index contributed by atoms with van der Waals surface area (Å²) in [6, 6.07) is 2.73. The van der Waals surface area contributed by atoms with Crippen LogP contribution < -0.4 is 0 Å². The second-order valence-electron chi connectivity index (χ2n) is 3.03. The van der Waals surface area contributed by atoms with Crippen LogP contribution in [0.1, 0.15) is 16.3 Å². The van der Waals surface area contributed by atoms with Crippen molar-refractivity contribution in [1.82, 2.24) is 0 Å². The van der Waals surface area contributed by atoms with E-state index in [2.05, 4.69) is 4.74 Å². The molecular formula is C9H10O6S. The van der Waals surface area contributed by atoms with Gasteiger partial charge in [0.25, 0.3) is 0 Å². The summed E-state index contributed by atoms with van der Waals surface area (Å²) >= 11 is 0. The van der Waals surface area contributed by atoms with Gasteiger partial charge in [0, 0.05) is 0 Å². The Hall–Kier alpha value is -1.63. The van der Waals surface area contributed by atoms with Crippen molar-refractivity contribution in [3.8, 4) is 0 Å². The highest BCUT2D eigenvalue weighted by Gasteiger charge is 2.19. The minimum absolute atomic E-state index is 0.0447. The molecule has 88 valence electrons. The number of rotatable bonds is 5. The van der Waals surface area contributed by atoms with E-state index in [1.165, 1.54) is 12.1 Å². The fraction of sp³-hybridized carbons (Fsp3) is 0.333. The zero-order valence-corrected chi connectivity index (χ0v) is 9.32. The second kappa shape index (κ2) is 4.93. The topological polar surface area (TPSA) is 90.7 Å². The Kier molecular flexibility index (Phi) is 3.83. The van der Waals surface area contributed by atoms with E-state index in [1.807, 2.05) is 0 Å². The summed E-state index contributed by atoms with van der Waals surface area (Å²) in [7, 11) is -2.52. The number of aldehydes is 1. The first-order valence-corrected chi connectivity index (χ1v) is 6.10. The molecule has 0 bridgehead atoms. The Labute approximate surface area is 92.1 Å². The van der Waals surface area contributed by atoms with Crippen molar-refractivity contribution in [1.29, 1.82) is 0 Å². The molecule has 0 spiro atoms. The highest BCUT2D eigenvalue weighted by Crippen LogP contribution is 2.10. The third kappa shape index (κ3) is 3.50. The van der Waals surface area contributed by atoms with Gasteiger partial charge < -0.3 is 9.15 Å². The lowest BCUT2D eigenvalue weighted by Crippen LogP contribution is -2.18. The molecule has 0 aliphatic carbocycles. The summed E-state index contributed by atoms with van der Waals surface area (Å²) in [5, 5.41) is 0. The molecule has 6 nitrogen and oxygen atoms in total. The van der Waals surface area contributed by atoms with Crippen LogP contribution in [0.25, 0.3) is 0 Å². The summed E-state index contributed by atoms with van der Waals surface area (Å²) in [6.45, 7) is 0. The van der Waals surface area contributed by atoms with Gasteiger partial charge in [0.05, 0.1) is 7.11 Å². The number of hydrogen-bond donors (Lipinski definition) is 0. The predicted molar refractivity (Wildman–Crippen MR) is 53.6 cm³/mol. The molecular weight excluding hydrogens is 236 g/mol. The second-order valence-corrected chi connectivity index (χ2v) is 5.09. The number of hydrogen-bond acceptors (Lipinski definition) is 6. The Morgan fingerprint density at radius 2 is 2.19 bits per heavy atom. The Morgan fingerprint density at radius 3 is 2.69 bits per heavy atom. The standard InChI is InChI=1S/C9H10O6S/c1-14-9(11)6-16(12,13)5-8-3-2-7(4-10)15-8/h2-4H,5-6H2,1H3. The van der Waals surface area contributed by atoms with Crippen molar-refractivity contribution in [3.05, 3.63) is 23.7 Å². The average molecular weight is 246 g/mol. The van der Waals surface area contributed by atoms with Crippen molar-refractivity contribution >= 4 is 22.1 Å². The van der Waals surface area contributed by atoms with Gasteiger partial charge in [-0.3, -0.25) is 9.59 Å². The molecule has 0 saturated carbocycles. The van der Waals surface area contributed by atoms with Gasteiger partial charge >= 0.3 is 5.97 Å². The minimum Gasteiger partial charge on any atom is -0.468 e. The van der Waals surface area contributed by atoms with Gasteiger partial charge in [-0.05, 0) is 12.1 Å². The van der Waals surface area contributed by atoms with Crippen molar-refractivity contribution < 1.29 is 27.2 Å². The maximum atomic E-state index is 11.4. The smallest absolute Gasteiger partial charge is 0.320 e. The molecule has 0 unspecified atom stereocenters. The fourth-order valence-electron chi connectivity index (χ4n) is 1.04. The van der Waals surface area contributed by atoms with Gasteiger partial charge in [0.2, 0.25) is 0 Å². The van der Waals surface area contributed by atoms with Gasteiger partial charge in [-0.15, -0.1) is 0 Å². The summed E-state index contributed by atoms with van der Waals surface area (Å²) in [6.07, 6.45) is 0.469. The normalized spacial score (nSPS) is 11.1. The lowest BCUT2D eigenvalue weighted by atomic mass is 10.4. The van der Waals surface area contributed by atoms with Crippen LogP contribution in [0.3, 0.4) is 0 Å². The number of carbonyl (C=O) groups is 2. The van der Waals surface area contributed by atoms with Crippen LogP contribution in [0.4, 0.5) is 0 Å². The number of furan rings is 1. The zero-order chi connectivity index (χ0) is 12.2. The molecule has 0 saturated heterocycles. The highest BCUT2D eigenvalue weighted by molar-refractivity contribution is 7.91. The van der Waals surface area contributed by atoms with Crippen LogP contribution in [0.5, 0.6) is 0 Å². The average Bonchev–Trinajstić information content (AvgIpc) is 2.63. The van der Waals surface area contributed by atoms with Gasteiger partial charge in [-0.1, -0.05) is 0 Å². The molecule has 0 atom stereocenters. The van der Waals surface area contributed by atoms with E-state index in [0.29, 0.717) is 6.29 Å². The van der Waals surface area contributed by atoms with Gasteiger partial charge in [-0.2, -0.15) is 0 Å². The van der Waals surface area contributed by atoms with Gasteiger partial charge in [0.15, 0.2) is 21.9 Å². The molecule has 0 aromatic carbocycles. The summed E-state index contributed by atoms with van der Waals surface area (Å²) in [4.78, 5) is 21.1. The Bertz CT molecular complexity index is 484. The van der Waals surface area contributed by atoms with Crippen LogP contribution in [0, 0.1) is 0 Å². The van der Waals surface area contributed by atoms with Crippen LogP contribution in [-0.4, -0.2) is 33.5 Å². The monoisotopic (exact) mass is 246 g/mol. The van der Waals surface area contributed by atoms with E-state index in [-0.39, 0.29) is 11.5 Å². The molecule has 7 heteroatoms. The fourth-order valence-corrected chi connectivity index (χ4v) is 2.21. The Morgan fingerprint density at radius 1 is 1.50 bits per heavy atom. The first-order chi connectivity index (χ1) is 7.46. The molecule has 0 radical (unpaired) electrons. The van der Waals surface area contributed by atoms with E-state index in [4.69, 9.17) is 4.42 Å². The lowest BCUT2D eigenvalue weighted by molar-refractivity contribution is -0.137. The third-order valence-electron chi connectivity index (χ3n) is 1.73. The van der Waals surface area contributed by atoms with Crippen molar-refractivity contribution in [2.24, 2.45) is 0 Å². The number of carbonyl (C=O) groups excluding carboxylic acids is 2.